The first-order valence-electron chi connectivity index (χ1n) is 37.4. The van der Waals surface area contributed by atoms with Crippen LogP contribution in [0.2, 0.25) is 5.02 Å². The molecule has 0 saturated carbocycles. The Labute approximate surface area is 665 Å². The third-order valence-electron chi connectivity index (χ3n) is 22.8. The van der Waals surface area contributed by atoms with Gasteiger partial charge >= 0.3 is 7.12 Å². The van der Waals surface area contributed by atoms with E-state index in [0.29, 0.717) is 57.3 Å². The van der Waals surface area contributed by atoms with Crippen LogP contribution in [-0.2, 0) is 21.7 Å². The number of aromatic nitrogens is 6. The lowest BCUT2D eigenvalue weighted by molar-refractivity contribution is 0.426. The summed E-state index contributed by atoms with van der Waals surface area (Å²) in [4.78, 5) is 35.6. The zero-order valence-electron chi connectivity index (χ0n) is 62.3. The average Bonchev–Trinajstić information content (AvgIpc) is 1.60. The lowest BCUT2D eigenvalue weighted by atomic mass is 9.55. The van der Waals surface area contributed by atoms with Crippen LogP contribution in [0, 0.1) is 13.1 Å². The van der Waals surface area contributed by atoms with Crippen molar-refractivity contribution in [3.63, 3.8) is 0 Å². The Morgan fingerprint density at radius 1 is 0.265 bits per heavy atom. The minimum Gasteiger partial charge on any atom is -0.423 e. The Bertz CT molecular complexity index is 6400. The topological polar surface area (TPSA) is 127 Å². The second-order valence-electron chi connectivity index (χ2n) is 29.7. The van der Waals surface area contributed by atoms with Crippen molar-refractivity contribution < 1.29 is 10.0 Å². The van der Waals surface area contributed by atoms with Crippen molar-refractivity contribution in [3.05, 3.63) is 434 Å². The van der Waals surface area contributed by atoms with E-state index in [4.69, 9.17) is 39.7 Å². The van der Waals surface area contributed by atoms with Gasteiger partial charge in [0.2, 0.25) is 0 Å². The standard InChI is InChI=1S/C50H34N4.C28H21Cl.C22H15BN4O2.B/c1-49(2)42-20-9-11-22-44(42)50(45-23-12-10-21-43(45)49)40-19-8-7-18-38(40)39-31-35(26-29-41(39)50)34-16-13-17-36(30-34)48-53-46(32-14-5-4-6-15-32)52-47(54-48)33-24-27-37(51-3)28-25-33;1-27(2)23-11-5-7-13-25(23)28(26-14-8-6-12-24(26)27)21-10-4-3-9-19(21)20-17-18(29)15-16-22(20)28;1-24-19-12-10-16(11-13-19)21-25-20(15-6-3-2-4-7-15)26-22(27-21)17-8-5-9-18(14-17)23(28)29;/h4-31H,1-2H3;3-17H,1-2H3;2-14,28-29H;. The number of rotatable bonds is 8. The molecule has 0 atom stereocenters. The van der Waals surface area contributed by atoms with E-state index in [0.717, 1.165) is 44.0 Å². The molecular formula is C100H70B2ClN8O2. The van der Waals surface area contributed by atoms with Crippen LogP contribution in [0.4, 0.5) is 11.4 Å². The van der Waals surface area contributed by atoms with E-state index >= 15 is 0 Å². The molecule has 535 valence electrons. The lowest BCUT2D eigenvalue weighted by Crippen LogP contribution is -2.40. The molecule has 0 bridgehead atoms. The number of nitrogens with zero attached hydrogens (tertiary/aromatic N) is 8. The summed E-state index contributed by atoms with van der Waals surface area (Å²) in [5.74, 6) is 3.17. The normalized spacial score (nSPS) is 13.6. The molecule has 0 amide bonds. The Balaban J connectivity index is 0.000000133. The smallest absolute Gasteiger partial charge is 0.423 e. The first-order chi connectivity index (χ1) is 54.7. The highest BCUT2D eigenvalue weighted by Gasteiger charge is 2.55. The number of halogens is 1. The van der Waals surface area contributed by atoms with Gasteiger partial charge in [0.15, 0.2) is 46.3 Å². The van der Waals surface area contributed by atoms with Gasteiger partial charge in [0, 0.05) is 57.6 Å². The van der Waals surface area contributed by atoms with Gasteiger partial charge in [-0.25, -0.2) is 39.6 Å². The summed E-state index contributed by atoms with van der Waals surface area (Å²) in [5.41, 5.74) is 29.1. The highest BCUT2D eigenvalue weighted by molar-refractivity contribution is 6.58. The predicted octanol–water partition coefficient (Wildman–Crippen LogP) is 22.2. The van der Waals surface area contributed by atoms with Gasteiger partial charge in [-0.2, -0.15) is 0 Å². The van der Waals surface area contributed by atoms with Crippen LogP contribution < -0.4 is 5.46 Å². The van der Waals surface area contributed by atoms with Crippen molar-refractivity contribution in [1.82, 2.24) is 29.9 Å². The fourth-order valence-corrected chi connectivity index (χ4v) is 17.8. The van der Waals surface area contributed by atoms with Crippen molar-refractivity contribution in [2.45, 2.75) is 49.4 Å². The van der Waals surface area contributed by atoms with Crippen molar-refractivity contribution in [3.8, 4) is 102 Å². The fraction of sp³-hybridized carbons (Fsp3) is 0.0800. The Morgan fingerprint density at radius 3 is 0.947 bits per heavy atom. The van der Waals surface area contributed by atoms with E-state index in [2.05, 4.69) is 253 Å². The van der Waals surface area contributed by atoms with E-state index in [9.17, 15) is 10.0 Å². The van der Waals surface area contributed by atoms with Crippen LogP contribution in [0.1, 0.15) is 94.5 Å². The van der Waals surface area contributed by atoms with Gasteiger partial charge in [-0.1, -0.05) is 355 Å². The first kappa shape index (κ1) is 72.3. The summed E-state index contributed by atoms with van der Waals surface area (Å²) in [6, 6.07) is 117. The third kappa shape index (κ3) is 12.2. The molecule has 2 N–H and O–H groups in total. The van der Waals surface area contributed by atoms with Gasteiger partial charge in [-0.3, -0.25) is 0 Å². The van der Waals surface area contributed by atoms with Gasteiger partial charge in [0.05, 0.1) is 24.0 Å². The van der Waals surface area contributed by atoms with E-state index in [-0.39, 0.29) is 24.7 Å². The summed E-state index contributed by atoms with van der Waals surface area (Å²) in [5, 5.41) is 19.8. The highest BCUT2D eigenvalue weighted by atomic mass is 35.5. The number of benzene rings is 14. The van der Waals surface area contributed by atoms with Crippen molar-refractivity contribution in [2.24, 2.45) is 0 Å². The molecule has 2 spiro atoms. The van der Waals surface area contributed by atoms with E-state index < -0.39 is 12.5 Å². The molecule has 2 heterocycles. The molecule has 16 aromatic rings. The number of hydrogen-bond acceptors (Lipinski definition) is 8. The zero-order valence-corrected chi connectivity index (χ0v) is 63.1. The summed E-state index contributed by atoms with van der Waals surface area (Å²) in [6.07, 6.45) is 0. The number of fused-ring (bicyclic) bond motifs is 18. The molecule has 13 heteroatoms. The maximum atomic E-state index is 9.49. The largest absolute Gasteiger partial charge is 0.488 e. The molecule has 2 aromatic heterocycles. The summed E-state index contributed by atoms with van der Waals surface area (Å²) < 4.78 is 0. The zero-order chi connectivity index (χ0) is 76.5. The first-order valence-corrected chi connectivity index (χ1v) is 37.7. The predicted molar refractivity (Wildman–Crippen MR) is 456 cm³/mol. The fourth-order valence-electron chi connectivity index (χ4n) is 17.6. The summed E-state index contributed by atoms with van der Waals surface area (Å²) >= 11 is 6.46. The van der Waals surface area contributed by atoms with Crippen molar-refractivity contribution in [2.75, 3.05) is 0 Å². The van der Waals surface area contributed by atoms with Crippen molar-refractivity contribution in [1.29, 1.82) is 0 Å². The SMILES string of the molecule is CC1(C)c2ccccc2C2(c3ccccc3-c3cc(Cl)ccc32)c2ccccc21.[B].[C-]#[N+]c1ccc(-c2nc(-c3ccccc3)nc(-c3cccc(-c4ccc5c(c4)-c4ccccc4C54c5ccccc5C(C)(C)c5ccccc54)c3)n2)cc1.[C-]#[N+]c1ccc(-c2nc(-c3ccccc3)nc(-c3cccc(B(O)O)c3)n2)cc1. The minimum atomic E-state index is -1.58. The molecule has 10 nitrogen and oxygen atoms in total. The van der Waals surface area contributed by atoms with Crippen molar-refractivity contribution >= 4 is 44.0 Å². The Kier molecular flexibility index (Phi) is 18.6. The van der Waals surface area contributed by atoms with Crippen LogP contribution in [0.25, 0.3) is 111 Å². The minimum absolute atomic E-state index is 0. The van der Waals surface area contributed by atoms with Crippen LogP contribution in [-0.4, -0.2) is 55.5 Å². The molecule has 0 unspecified atom stereocenters. The van der Waals surface area contributed by atoms with Gasteiger partial charge in [0.25, 0.3) is 0 Å². The molecule has 0 saturated heterocycles. The third-order valence-corrected chi connectivity index (χ3v) is 23.0. The van der Waals surface area contributed by atoms with Crippen LogP contribution in [0.3, 0.4) is 0 Å². The second kappa shape index (κ2) is 29.0. The monoisotopic (exact) mass is 1470 g/mol. The summed E-state index contributed by atoms with van der Waals surface area (Å²) in [6.45, 7) is 23.9. The molecule has 113 heavy (non-hydrogen) atoms. The molecule has 3 radical (unpaired) electrons. The van der Waals surface area contributed by atoms with Crippen LogP contribution in [0.5, 0.6) is 0 Å². The molecule has 4 aliphatic carbocycles. The molecule has 14 aromatic carbocycles. The maximum absolute atomic E-state index is 9.49. The molecule has 20 rings (SSSR count). The van der Waals surface area contributed by atoms with Gasteiger partial charge in [-0.15, -0.1) is 0 Å². The number of hydrogen-bond donors (Lipinski definition) is 2. The van der Waals surface area contributed by atoms with Gasteiger partial charge in [0.1, 0.15) is 0 Å². The molecule has 4 aliphatic rings. The lowest BCUT2D eigenvalue weighted by Gasteiger charge is -2.46. The van der Waals surface area contributed by atoms with Gasteiger partial charge < -0.3 is 10.0 Å². The van der Waals surface area contributed by atoms with E-state index in [1.807, 2.05) is 84.9 Å². The average molecular weight is 1470 g/mol. The molecular weight excluding hydrogens is 1400 g/mol. The molecule has 0 fully saturated rings. The quantitative estimate of drug-likeness (QED) is 0.114. The van der Waals surface area contributed by atoms with Crippen LogP contribution in [0.15, 0.2) is 340 Å². The maximum Gasteiger partial charge on any atom is 0.488 e. The van der Waals surface area contributed by atoms with E-state index in [1.54, 1.807) is 54.6 Å². The Hall–Kier alpha value is -13.6. The van der Waals surface area contributed by atoms with Gasteiger partial charge in [-0.05, 0) is 130 Å². The van der Waals surface area contributed by atoms with E-state index in [1.165, 1.54) is 89.0 Å². The molecule has 0 aliphatic heterocycles. The van der Waals surface area contributed by atoms with Crippen LogP contribution >= 0.6 is 11.6 Å². The second-order valence-corrected chi connectivity index (χ2v) is 30.2. The summed E-state index contributed by atoms with van der Waals surface area (Å²) in [7, 11) is -1.58. The highest BCUT2D eigenvalue weighted by Crippen LogP contribution is 2.64. The Morgan fingerprint density at radius 2 is 0.549 bits per heavy atom.